The third-order valence-corrected chi connectivity index (χ3v) is 1.79. The van der Waals surface area contributed by atoms with Crippen LogP contribution in [-0.4, -0.2) is 5.11 Å². The zero-order chi connectivity index (χ0) is 10.3. The summed E-state index contributed by atoms with van der Waals surface area (Å²) in [6.45, 7) is 4.43. The van der Waals surface area contributed by atoms with Gasteiger partial charge in [0, 0.05) is 11.6 Å². The maximum absolute atomic E-state index is 8.86. The van der Waals surface area contributed by atoms with Crippen LogP contribution in [0.1, 0.15) is 25.0 Å². The third-order valence-electron chi connectivity index (χ3n) is 1.56. The Morgan fingerprint density at radius 1 is 1.31 bits per heavy atom. The van der Waals surface area contributed by atoms with Gasteiger partial charge in [-0.2, -0.15) is 0 Å². The molecule has 0 amide bonds. The lowest BCUT2D eigenvalue weighted by molar-refractivity contribution is 0.280. The van der Waals surface area contributed by atoms with Crippen molar-refractivity contribution in [2.45, 2.75) is 27.0 Å². The van der Waals surface area contributed by atoms with Crippen molar-refractivity contribution >= 4 is 11.6 Å². The Labute approximate surface area is 84.3 Å². The molecular weight excluding hydrogens is 186 g/mol. The summed E-state index contributed by atoms with van der Waals surface area (Å²) >= 11 is 5.70. The van der Waals surface area contributed by atoms with Gasteiger partial charge in [-0.25, -0.2) is 0 Å². The van der Waals surface area contributed by atoms with Crippen LogP contribution >= 0.6 is 11.6 Å². The summed E-state index contributed by atoms with van der Waals surface area (Å²) in [5.74, 6) is 0. The zero-order valence-electron chi connectivity index (χ0n) is 8.05. The van der Waals surface area contributed by atoms with Gasteiger partial charge < -0.3 is 10.8 Å². The number of aliphatic hydroxyl groups excluding tert-OH is 1. The summed E-state index contributed by atoms with van der Waals surface area (Å²) in [5, 5.41) is 9.49. The lowest BCUT2D eigenvalue weighted by Gasteiger charge is -2.03. The molecule has 0 fully saturated rings. The number of aliphatic hydroxyl groups is 1. The number of hydrogen-bond donors (Lipinski definition) is 2. The van der Waals surface area contributed by atoms with Gasteiger partial charge in [0.2, 0.25) is 0 Å². The number of benzene rings is 1. The average molecular weight is 202 g/mol. The van der Waals surface area contributed by atoms with Crippen LogP contribution in [0.25, 0.3) is 0 Å². The second-order valence-electron chi connectivity index (χ2n) is 2.28. The maximum atomic E-state index is 8.86. The molecule has 0 aliphatic rings. The summed E-state index contributed by atoms with van der Waals surface area (Å²) in [6.07, 6.45) is 0. The van der Waals surface area contributed by atoms with Gasteiger partial charge in [-0.05, 0) is 23.3 Å². The largest absolute Gasteiger partial charge is 0.392 e. The predicted molar refractivity (Wildman–Crippen MR) is 56.6 cm³/mol. The van der Waals surface area contributed by atoms with Crippen LogP contribution in [-0.2, 0) is 13.2 Å². The summed E-state index contributed by atoms with van der Waals surface area (Å²) in [6, 6.07) is 5.32. The first kappa shape index (κ1) is 12.4. The molecule has 3 N–H and O–H groups in total. The van der Waals surface area contributed by atoms with Gasteiger partial charge in [0.15, 0.2) is 0 Å². The van der Waals surface area contributed by atoms with Crippen LogP contribution < -0.4 is 5.73 Å². The molecular formula is C10H16ClNO. The Kier molecular flexibility index (Phi) is 6.59. The molecule has 2 nitrogen and oxygen atoms in total. The number of nitrogens with two attached hydrogens (primary N) is 1. The lowest BCUT2D eigenvalue weighted by atomic mass is 10.1. The van der Waals surface area contributed by atoms with E-state index < -0.39 is 0 Å². The Balaban J connectivity index is 0.000000671. The van der Waals surface area contributed by atoms with Crippen molar-refractivity contribution in [2.75, 3.05) is 0 Å². The molecule has 3 heteroatoms. The van der Waals surface area contributed by atoms with E-state index in [-0.39, 0.29) is 6.61 Å². The van der Waals surface area contributed by atoms with E-state index in [4.69, 9.17) is 22.4 Å². The number of rotatable bonds is 2. The van der Waals surface area contributed by atoms with Gasteiger partial charge in [0.25, 0.3) is 0 Å². The van der Waals surface area contributed by atoms with Crippen molar-refractivity contribution in [3.63, 3.8) is 0 Å². The minimum Gasteiger partial charge on any atom is -0.392 e. The highest BCUT2D eigenvalue weighted by molar-refractivity contribution is 6.30. The molecule has 0 saturated carbocycles. The Morgan fingerprint density at radius 2 is 1.92 bits per heavy atom. The molecule has 74 valence electrons. The van der Waals surface area contributed by atoms with E-state index in [2.05, 4.69) is 0 Å². The quantitative estimate of drug-likeness (QED) is 0.772. The summed E-state index contributed by atoms with van der Waals surface area (Å²) < 4.78 is 0. The molecule has 0 saturated heterocycles. The smallest absolute Gasteiger partial charge is 0.0685 e. The van der Waals surface area contributed by atoms with Gasteiger partial charge in [0.1, 0.15) is 0 Å². The summed E-state index contributed by atoms with van der Waals surface area (Å²) in [5.41, 5.74) is 7.17. The highest BCUT2D eigenvalue weighted by Crippen LogP contribution is 2.15. The van der Waals surface area contributed by atoms with Gasteiger partial charge in [-0.3, -0.25) is 0 Å². The Morgan fingerprint density at radius 3 is 2.38 bits per heavy atom. The summed E-state index contributed by atoms with van der Waals surface area (Å²) in [7, 11) is 0. The predicted octanol–water partition coefficient (Wildman–Crippen LogP) is 2.32. The molecule has 1 aromatic rings. The molecule has 0 aliphatic carbocycles. The molecule has 13 heavy (non-hydrogen) atoms. The first-order valence-corrected chi connectivity index (χ1v) is 4.74. The van der Waals surface area contributed by atoms with Crippen molar-refractivity contribution in [1.29, 1.82) is 0 Å². The van der Waals surface area contributed by atoms with Crippen molar-refractivity contribution in [2.24, 2.45) is 5.73 Å². The van der Waals surface area contributed by atoms with Crippen LogP contribution in [0.15, 0.2) is 18.2 Å². The fourth-order valence-corrected chi connectivity index (χ4v) is 1.14. The highest BCUT2D eigenvalue weighted by atomic mass is 35.5. The van der Waals surface area contributed by atoms with Crippen LogP contribution in [0.2, 0.25) is 5.02 Å². The van der Waals surface area contributed by atoms with Crippen molar-refractivity contribution < 1.29 is 5.11 Å². The third kappa shape index (κ3) is 3.77. The first-order chi connectivity index (χ1) is 6.27. The highest BCUT2D eigenvalue weighted by Gasteiger charge is 1.99. The SMILES string of the molecule is CC.NCc1ccc(Cl)cc1CO. The fourth-order valence-electron chi connectivity index (χ4n) is 0.941. The second kappa shape index (κ2) is 6.89. The van der Waals surface area contributed by atoms with Gasteiger partial charge in [-0.1, -0.05) is 31.5 Å². The van der Waals surface area contributed by atoms with E-state index in [1.807, 2.05) is 19.9 Å². The standard InChI is InChI=1S/C8H10ClNO.C2H6/c9-8-2-1-6(4-10)7(3-8)5-11;1-2/h1-3,11H,4-5,10H2;1-2H3. The summed E-state index contributed by atoms with van der Waals surface area (Å²) in [4.78, 5) is 0. The first-order valence-electron chi connectivity index (χ1n) is 4.36. The minimum atomic E-state index is -0.00685. The van der Waals surface area contributed by atoms with E-state index in [9.17, 15) is 0 Å². The molecule has 0 heterocycles. The average Bonchev–Trinajstić information content (AvgIpc) is 2.20. The van der Waals surface area contributed by atoms with Crippen LogP contribution in [0, 0.1) is 0 Å². The Bertz CT molecular complexity index is 251. The second-order valence-corrected chi connectivity index (χ2v) is 2.71. The van der Waals surface area contributed by atoms with Crippen LogP contribution in [0.4, 0.5) is 0 Å². The van der Waals surface area contributed by atoms with Crippen molar-refractivity contribution in [3.05, 3.63) is 34.3 Å². The Hall–Kier alpha value is -0.570. The van der Waals surface area contributed by atoms with E-state index >= 15 is 0 Å². The monoisotopic (exact) mass is 201 g/mol. The molecule has 1 aromatic carbocycles. The van der Waals surface area contributed by atoms with Crippen molar-refractivity contribution in [1.82, 2.24) is 0 Å². The fraction of sp³-hybridized carbons (Fsp3) is 0.400. The molecule has 0 radical (unpaired) electrons. The minimum absolute atomic E-state index is 0.00685. The van der Waals surface area contributed by atoms with Crippen molar-refractivity contribution in [3.8, 4) is 0 Å². The topological polar surface area (TPSA) is 46.2 Å². The van der Waals surface area contributed by atoms with Gasteiger partial charge in [0.05, 0.1) is 6.61 Å². The molecule has 0 spiro atoms. The number of halogens is 1. The van der Waals surface area contributed by atoms with Gasteiger partial charge in [-0.15, -0.1) is 0 Å². The normalized spacial score (nSPS) is 9.00. The molecule has 0 aliphatic heterocycles. The van der Waals surface area contributed by atoms with Gasteiger partial charge >= 0.3 is 0 Å². The number of hydrogen-bond acceptors (Lipinski definition) is 2. The van der Waals surface area contributed by atoms with E-state index in [0.717, 1.165) is 11.1 Å². The molecule has 0 unspecified atom stereocenters. The molecule has 0 atom stereocenters. The zero-order valence-corrected chi connectivity index (χ0v) is 8.80. The maximum Gasteiger partial charge on any atom is 0.0685 e. The van der Waals surface area contributed by atoms with Crippen LogP contribution in [0.3, 0.4) is 0 Å². The van der Waals surface area contributed by atoms with E-state index in [1.165, 1.54) is 0 Å². The lowest BCUT2D eigenvalue weighted by Crippen LogP contribution is -2.00. The van der Waals surface area contributed by atoms with E-state index in [1.54, 1.807) is 12.1 Å². The molecule has 1 rings (SSSR count). The molecule has 0 aromatic heterocycles. The molecule has 0 bridgehead atoms. The van der Waals surface area contributed by atoms with Crippen LogP contribution in [0.5, 0.6) is 0 Å². The van der Waals surface area contributed by atoms with E-state index in [0.29, 0.717) is 11.6 Å².